The number of ether oxygens (including phenoxy) is 1. The lowest BCUT2D eigenvalue weighted by Crippen LogP contribution is -2.42. The second kappa shape index (κ2) is 8.88. The van der Waals surface area contributed by atoms with Crippen molar-refractivity contribution in [3.8, 4) is 11.3 Å². The van der Waals surface area contributed by atoms with Crippen molar-refractivity contribution >= 4 is 5.82 Å². The molecular weight excluding hydrogens is 471 g/mol. The summed E-state index contributed by atoms with van der Waals surface area (Å²) in [6.07, 6.45) is 7.38. The van der Waals surface area contributed by atoms with Gasteiger partial charge in [-0.3, -0.25) is 9.58 Å². The maximum atomic E-state index is 13.4. The molecule has 3 N–H and O–H groups in total. The molecular formula is C25H30F3N7O. The predicted octanol–water partition coefficient (Wildman–Crippen LogP) is 4.52. The van der Waals surface area contributed by atoms with Crippen molar-refractivity contribution in [2.45, 2.75) is 62.9 Å². The molecule has 1 saturated heterocycles. The number of alkyl halides is 3. The third kappa shape index (κ3) is 4.07. The molecule has 11 heteroatoms. The van der Waals surface area contributed by atoms with Gasteiger partial charge in [0.15, 0.2) is 0 Å². The molecule has 0 radical (unpaired) electrons. The number of H-pyrrole nitrogens is 1. The molecule has 3 aliphatic rings. The Balaban J connectivity index is 1.32. The van der Waals surface area contributed by atoms with E-state index in [1.807, 2.05) is 23.1 Å². The number of likely N-dealkylation sites (tertiary alicyclic amines) is 1. The highest BCUT2D eigenvalue weighted by Gasteiger charge is 2.48. The zero-order chi connectivity index (χ0) is 24.9. The van der Waals surface area contributed by atoms with Crippen LogP contribution in [0.15, 0.2) is 30.7 Å². The van der Waals surface area contributed by atoms with Gasteiger partial charge in [-0.05, 0) is 37.3 Å². The van der Waals surface area contributed by atoms with Crippen LogP contribution in [-0.2, 0) is 23.1 Å². The molecule has 8 nitrogen and oxygen atoms in total. The Hall–Kier alpha value is -2.92. The van der Waals surface area contributed by atoms with Crippen LogP contribution in [0, 0.1) is 5.92 Å². The average Bonchev–Trinajstić information content (AvgIpc) is 3.62. The van der Waals surface area contributed by atoms with Crippen molar-refractivity contribution < 1.29 is 17.9 Å². The standard InChI is InChI=1S/C25H30F3N7O/c26-25(27,28)18-12-17(14-32-22(18)29)19-13-20-24(36-11-10-35(20)33-19)6-9-34(15-24)21(23-30-7-8-31-23)16-4-2-1-3-5-16/h7-8,12-14,16,21H,1-6,9-11,15H2,(H2,29,32)(H,30,31)/t21?,24-/m1/s1. The van der Waals surface area contributed by atoms with Crippen molar-refractivity contribution in [3.63, 3.8) is 0 Å². The van der Waals surface area contributed by atoms with Gasteiger partial charge in [0.25, 0.3) is 0 Å². The van der Waals surface area contributed by atoms with Gasteiger partial charge in [0.2, 0.25) is 0 Å². The Labute approximate surface area is 207 Å². The molecule has 3 aromatic rings. The summed E-state index contributed by atoms with van der Waals surface area (Å²) in [6.45, 7) is 2.60. The molecule has 1 spiro atoms. The molecule has 0 amide bonds. The third-order valence-electron chi connectivity index (χ3n) is 8.00. The van der Waals surface area contributed by atoms with E-state index < -0.39 is 23.2 Å². The highest BCUT2D eigenvalue weighted by molar-refractivity contribution is 5.63. The number of halogens is 3. The summed E-state index contributed by atoms with van der Waals surface area (Å²) in [7, 11) is 0. The van der Waals surface area contributed by atoms with E-state index >= 15 is 0 Å². The molecule has 2 atom stereocenters. The van der Waals surface area contributed by atoms with Crippen molar-refractivity contribution in [1.29, 1.82) is 0 Å². The minimum Gasteiger partial charge on any atom is -0.383 e. The molecule has 1 aliphatic carbocycles. The first kappa shape index (κ1) is 23.5. The summed E-state index contributed by atoms with van der Waals surface area (Å²) >= 11 is 0. The maximum absolute atomic E-state index is 13.4. The Morgan fingerprint density at radius 1 is 1.14 bits per heavy atom. The fraction of sp³-hybridized carbons (Fsp3) is 0.560. The molecule has 2 aliphatic heterocycles. The smallest absolute Gasteiger partial charge is 0.383 e. The Morgan fingerprint density at radius 2 is 1.97 bits per heavy atom. The predicted molar refractivity (Wildman–Crippen MR) is 127 cm³/mol. The number of anilines is 1. The fourth-order valence-corrected chi connectivity index (χ4v) is 6.30. The summed E-state index contributed by atoms with van der Waals surface area (Å²) in [5.41, 5.74) is 5.63. The second-order valence-corrected chi connectivity index (χ2v) is 10.2. The van der Waals surface area contributed by atoms with E-state index in [4.69, 9.17) is 10.5 Å². The van der Waals surface area contributed by atoms with E-state index in [9.17, 15) is 13.2 Å². The van der Waals surface area contributed by atoms with Crippen LogP contribution in [0.3, 0.4) is 0 Å². The van der Waals surface area contributed by atoms with Gasteiger partial charge in [-0.2, -0.15) is 18.3 Å². The van der Waals surface area contributed by atoms with Crippen molar-refractivity contribution in [1.82, 2.24) is 29.6 Å². The molecule has 2 fully saturated rings. The molecule has 192 valence electrons. The van der Waals surface area contributed by atoms with Crippen LogP contribution in [0.2, 0.25) is 0 Å². The molecule has 1 saturated carbocycles. The van der Waals surface area contributed by atoms with E-state index in [2.05, 4.69) is 25.0 Å². The van der Waals surface area contributed by atoms with Crippen LogP contribution in [0.25, 0.3) is 11.3 Å². The lowest BCUT2D eigenvalue weighted by molar-refractivity contribution is -0.137. The topological polar surface area (TPSA) is 97.9 Å². The monoisotopic (exact) mass is 501 g/mol. The van der Waals surface area contributed by atoms with Gasteiger partial charge < -0.3 is 15.5 Å². The lowest BCUT2D eigenvalue weighted by atomic mass is 9.83. The number of aromatic amines is 1. The lowest BCUT2D eigenvalue weighted by Gasteiger charge is -2.38. The van der Waals surface area contributed by atoms with Crippen LogP contribution in [0.1, 0.15) is 61.6 Å². The summed E-state index contributed by atoms with van der Waals surface area (Å²) in [6, 6.07) is 3.08. The molecule has 1 unspecified atom stereocenters. The van der Waals surface area contributed by atoms with Crippen molar-refractivity contribution in [2.24, 2.45) is 5.92 Å². The van der Waals surface area contributed by atoms with Crippen LogP contribution in [0.4, 0.5) is 19.0 Å². The normalized spacial score (nSPS) is 24.3. The Bertz CT molecular complexity index is 1220. The zero-order valence-corrected chi connectivity index (χ0v) is 20.0. The van der Waals surface area contributed by atoms with E-state index in [1.54, 1.807) is 0 Å². The van der Waals surface area contributed by atoms with Gasteiger partial charge in [0.1, 0.15) is 17.2 Å². The third-order valence-corrected chi connectivity index (χ3v) is 8.00. The first-order valence-corrected chi connectivity index (χ1v) is 12.6. The number of hydrogen-bond acceptors (Lipinski definition) is 6. The Kier molecular flexibility index (Phi) is 5.79. The van der Waals surface area contributed by atoms with Gasteiger partial charge in [0, 0.05) is 37.2 Å². The average molecular weight is 502 g/mol. The maximum Gasteiger partial charge on any atom is 0.419 e. The first-order valence-electron chi connectivity index (χ1n) is 12.6. The number of nitrogens with two attached hydrogens (primary N) is 1. The Morgan fingerprint density at radius 3 is 2.72 bits per heavy atom. The van der Waals surface area contributed by atoms with Crippen molar-refractivity contribution in [3.05, 3.63) is 47.8 Å². The summed E-state index contributed by atoms with van der Waals surface area (Å²) in [4.78, 5) is 14.2. The minimum absolute atomic E-state index is 0.191. The quantitative estimate of drug-likeness (QED) is 0.546. The SMILES string of the molecule is Nc1ncc(-c2cc3n(n2)CCO[C@@]32CCN(C(c3ncc[nH]3)C3CCCCC3)C2)cc1C(F)(F)F. The van der Waals surface area contributed by atoms with Crippen LogP contribution >= 0.6 is 0 Å². The number of aromatic nitrogens is 5. The van der Waals surface area contributed by atoms with E-state index in [0.717, 1.165) is 30.6 Å². The number of imidazole rings is 1. The van der Waals surface area contributed by atoms with Crippen LogP contribution < -0.4 is 5.73 Å². The molecule has 0 bridgehead atoms. The largest absolute Gasteiger partial charge is 0.419 e. The number of fused-ring (bicyclic) bond motifs is 2. The van der Waals surface area contributed by atoms with E-state index in [0.29, 0.717) is 36.9 Å². The van der Waals surface area contributed by atoms with E-state index in [1.165, 1.54) is 38.3 Å². The van der Waals surface area contributed by atoms with Crippen LogP contribution in [-0.4, -0.2) is 49.3 Å². The van der Waals surface area contributed by atoms with E-state index in [-0.39, 0.29) is 6.04 Å². The summed E-state index contributed by atoms with van der Waals surface area (Å²) in [5, 5.41) is 4.65. The number of nitrogen functional groups attached to an aromatic ring is 1. The van der Waals surface area contributed by atoms with Crippen LogP contribution in [0.5, 0.6) is 0 Å². The van der Waals surface area contributed by atoms with Gasteiger partial charge in [0.05, 0.1) is 36.1 Å². The summed E-state index contributed by atoms with van der Waals surface area (Å²) in [5.74, 6) is 0.996. The molecule has 5 heterocycles. The van der Waals surface area contributed by atoms with Gasteiger partial charge >= 0.3 is 6.18 Å². The number of hydrogen-bond donors (Lipinski definition) is 2. The zero-order valence-electron chi connectivity index (χ0n) is 20.0. The van der Waals surface area contributed by atoms with Gasteiger partial charge in [-0.15, -0.1) is 0 Å². The first-order chi connectivity index (χ1) is 17.3. The summed E-state index contributed by atoms with van der Waals surface area (Å²) < 4.78 is 48.6. The fourth-order valence-electron chi connectivity index (χ4n) is 6.30. The molecule has 3 aromatic heterocycles. The van der Waals surface area contributed by atoms with Gasteiger partial charge in [-0.25, -0.2) is 9.97 Å². The minimum atomic E-state index is -4.58. The molecule has 0 aromatic carbocycles. The van der Waals surface area contributed by atoms with Crippen molar-refractivity contribution in [2.75, 3.05) is 25.4 Å². The molecule has 36 heavy (non-hydrogen) atoms. The number of nitrogens with one attached hydrogen (secondary N) is 1. The van der Waals surface area contributed by atoms with Gasteiger partial charge in [-0.1, -0.05) is 19.3 Å². The second-order valence-electron chi connectivity index (χ2n) is 10.2. The molecule has 6 rings (SSSR count). The number of pyridine rings is 1. The number of nitrogens with zero attached hydrogens (tertiary/aromatic N) is 5. The highest BCUT2D eigenvalue weighted by atomic mass is 19.4. The highest BCUT2D eigenvalue weighted by Crippen LogP contribution is 2.46. The number of rotatable bonds is 4.